The number of fused-ring (bicyclic) bond motifs is 1. The highest BCUT2D eigenvalue weighted by atomic mass is 35.5. The SMILES string of the molecule is C[C@H]1CN(c2nnc(Cl)c3ccncc23)CCN1C(=O)C1CCC(F)(F)CC1. The number of piperazine rings is 1. The zero-order chi connectivity index (χ0) is 19.9. The van der Waals surface area contributed by atoms with E-state index in [2.05, 4.69) is 20.1 Å². The maximum absolute atomic E-state index is 13.4. The number of nitrogens with zero attached hydrogens (tertiary/aromatic N) is 5. The number of anilines is 1. The van der Waals surface area contributed by atoms with Crippen molar-refractivity contribution in [1.29, 1.82) is 0 Å². The second-order valence-electron chi connectivity index (χ2n) is 7.69. The highest BCUT2D eigenvalue weighted by Crippen LogP contribution is 2.37. The van der Waals surface area contributed by atoms with Crippen LogP contribution < -0.4 is 4.90 Å². The van der Waals surface area contributed by atoms with Crippen molar-refractivity contribution < 1.29 is 13.6 Å². The molecule has 0 radical (unpaired) electrons. The zero-order valence-corrected chi connectivity index (χ0v) is 16.4. The molecule has 1 aliphatic heterocycles. The van der Waals surface area contributed by atoms with Gasteiger partial charge in [0, 0.05) is 67.6 Å². The van der Waals surface area contributed by atoms with Gasteiger partial charge in [0.1, 0.15) is 0 Å². The smallest absolute Gasteiger partial charge is 0.248 e. The minimum Gasteiger partial charge on any atom is -0.351 e. The van der Waals surface area contributed by atoms with Crippen molar-refractivity contribution >= 4 is 34.1 Å². The van der Waals surface area contributed by atoms with Gasteiger partial charge in [-0.15, -0.1) is 10.2 Å². The van der Waals surface area contributed by atoms with E-state index in [1.54, 1.807) is 18.5 Å². The zero-order valence-electron chi connectivity index (χ0n) is 15.6. The number of halogens is 3. The molecule has 2 aliphatic rings. The molecule has 150 valence electrons. The topological polar surface area (TPSA) is 62.2 Å². The van der Waals surface area contributed by atoms with Crippen LogP contribution in [0.5, 0.6) is 0 Å². The fourth-order valence-electron chi connectivity index (χ4n) is 4.18. The van der Waals surface area contributed by atoms with Crippen LogP contribution in [-0.4, -0.2) is 57.6 Å². The van der Waals surface area contributed by atoms with Crippen LogP contribution in [0.25, 0.3) is 10.8 Å². The predicted octanol–water partition coefficient (Wildman–Crippen LogP) is 3.54. The van der Waals surface area contributed by atoms with Crippen LogP contribution in [0, 0.1) is 5.92 Å². The van der Waals surface area contributed by atoms with E-state index in [1.807, 2.05) is 11.8 Å². The number of amides is 1. The van der Waals surface area contributed by atoms with Crippen LogP contribution in [0.4, 0.5) is 14.6 Å². The van der Waals surface area contributed by atoms with E-state index in [0.717, 1.165) is 10.8 Å². The summed E-state index contributed by atoms with van der Waals surface area (Å²) in [7, 11) is 0. The summed E-state index contributed by atoms with van der Waals surface area (Å²) < 4.78 is 26.8. The summed E-state index contributed by atoms with van der Waals surface area (Å²) in [5.41, 5.74) is 0. The Labute approximate surface area is 166 Å². The van der Waals surface area contributed by atoms with Crippen molar-refractivity contribution in [2.24, 2.45) is 5.92 Å². The lowest BCUT2D eigenvalue weighted by Gasteiger charge is -2.42. The van der Waals surface area contributed by atoms with E-state index in [1.165, 1.54) is 0 Å². The van der Waals surface area contributed by atoms with Gasteiger partial charge >= 0.3 is 0 Å². The number of alkyl halides is 2. The lowest BCUT2D eigenvalue weighted by Crippen LogP contribution is -2.56. The molecule has 0 bridgehead atoms. The van der Waals surface area contributed by atoms with Gasteiger partial charge < -0.3 is 9.80 Å². The minimum absolute atomic E-state index is 0.00337. The van der Waals surface area contributed by atoms with Gasteiger partial charge in [-0.2, -0.15) is 0 Å². The molecule has 1 amide bonds. The van der Waals surface area contributed by atoms with Crippen LogP contribution in [-0.2, 0) is 4.79 Å². The van der Waals surface area contributed by atoms with Crippen molar-refractivity contribution in [1.82, 2.24) is 20.1 Å². The molecule has 6 nitrogen and oxygen atoms in total. The Balaban J connectivity index is 1.48. The average molecular weight is 410 g/mol. The third-order valence-corrected chi connectivity index (χ3v) is 6.07. The Hall–Kier alpha value is -2.09. The number of rotatable bonds is 2. The third-order valence-electron chi connectivity index (χ3n) is 5.79. The van der Waals surface area contributed by atoms with Crippen molar-refractivity contribution in [3.63, 3.8) is 0 Å². The Morgan fingerprint density at radius 3 is 2.68 bits per heavy atom. The first-order valence-corrected chi connectivity index (χ1v) is 9.93. The Kier molecular flexibility index (Phi) is 5.07. The maximum atomic E-state index is 13.4. The number of hydrogen-bond donors (Lipinski definition) is 0. The molecule has 1 aliphatic carbocycles. The van der Waals surface area contributed by atoms with Crippen molar-refractivity contribution in [3.8, 4) is 0 Å². The molecule has 0 aromatic carbocycles. The van der Waals surface area contributed by atoms with Gasteiger partial charge in [-0.1, -0.05) is 11.6 Å². The first-order valence-electron chi connectivity index (χ1n) is 9.55. The number of aromatic nitrogens is 3. The highest BCUT2D eigenvalue weighted by Gasteiger charge is 2.40. The predicted molar refractivity (Wildman–Crippen MR) is 103 cm³/mol. The molecule has 0 spiro atoms. The molecule has 1 saturated carbocycles. The normalized spacial score (nSPS) is 23.2. The number of hydrogen-bond acceptors (Lipinski definition) is 5. The molecule has 3 heterocycles. The quantitative estimate of drug-likeness (QED) is 0.759. The van der Waals surface area contributed by atoms with Gasteiger partial charge in [0.25, 0.3) is 0 Å². The van der Waals surface area contributed by atoms with E-state index in [4.69, 9.17) is 11.6 Å². The van der Waals surface area contributed by atoms with Gasteiger partial charge in [0.05, 0.1) is 0 Å². The summed E-state index contributed by atoms with van der Waals surface area (Å²) in [5, 5.41) is 10.2. The first kappa shape index (κ1) is 19.2. The molecular formula is C19H22ClF2N5O. The van der Waals surface area contributed by atoms with Gasteiger partial charge in [0.15, 0.2) is 11.0 Å². The van der Waals surface area contributed by atoms with E-state index in [-0.39, 0.29) is 43.6 Å². The molecular weight excluding hydrogens is 388 g/mol. The van der Waals surface area contributed by atoms with E-state index < -0.39 is 5.92 Å². The van der Waals surface area contributed by atoms with Crippen LogP contribution in [0.15, 0.2) is 18.5 Å². The first-order chi connectivity index (χ1) is 13.4. The highest BCUT2D eigenvalue weighted by molar-refractivity contribution is 6.34. The average Bonchev–Trinajstić information content (AvgIpc) is 2.68. The number of carbonyl (C=O) groups excluding carboxylic acids is 1. The lowest BCUT2D eigenvalue weighted by atomic mass is 9.85. The molecule has 2 aromatic rings. The van der Waals surface area contributed by atoms with Gasteiger partial charge in [0.2, 0.25) is 11.8 Å². The molecule has 2 aromatic heterocycles. The Morgan fingerprint density at radius 2 is 1.96 bits per heavy atom. The van der Waals surface area contributed by atoms with Crippen LogP contribution in [0.1, 0.15) is 32.6 Å². The molecule has 28 heavy (non-hydrogen) atoms. The molecule has 1 atom stereocenters. The molecule has 9 heteroatoms. The van der Waals surface area contributed by atoms with Gasteiger partial charge in [-0.05, 0) is 25.8 Å². The standard InChI is InChI=1S/C19H22ClF2N5O/c1-12-11-26(17-15-10-23-7-4-14(15)16(20)24-25-17)8-9-27(12)18(28)13-2-5-19(21,22)6-3-13/h4,7,10,12-13H,2-3,5-6,8-9,11H2,1H3/t12-/m0/s1. The summed E-state index contributed by atoms with van der Waals surface area (Å²) in [6, 6.07) is 1.76. The van der Waals surface area contributed by atoms with Gasteiger partial charge in [-0.3, -0.25) is 9.78 Å². The monoisotopic (exact) mass is 409 g/mol. The second-order valence-corrected chi connectivity index (χ2v) is 8.05. The fraction of sp³-hybridized carbons (Fsp3) is 0.579. The third kappa shape index (κ3) is 3.62. The van der Waals surface area contributed by atoms with Gasteiger partial charge in [-0.25, -0.2) is 8.78 Å². The summed E-state index contributed by atoms with van der Waals surface area (Å²) in [5.74, 6) is -2.22. The molecule has 0 N–H and O–H groups in total. The van der Waals surface area contributed by atoms with Crippen molar-refractivity contribution in [2.45, 2.75) is 44.6 Å². The molecule has 4 rings (SSSR count). The molecule has 1 saturated heterocycles. The summed E-state index contributed by atoms with van der Waals surface area (Å²) in [4.78, 5) is 21.0. The maximum Gasteiger partial charge on any atom is 0.248 e. The summed E-state index contributed by atoms with van der Waals surface area (Å²) in [6.45, 7) is 3.69. The molecule has 0 unspecified atom stereocenters. The Bertz CT molecular complexity index is 886. The van der Waals surface area contributed by atoms with Crippen LogP contribution >= 0.6 is 11.6 Å². The van der Waals surface area contributed by atoms with Crippen LogP contribution in [0.2, 0.25) is 5.15 Å². The van der Waals surface area contributed by atoms with E-state index in [9.17, 15) is 13.6 Å². The summed E-state index contributed by atoms with van der Waals surface area (Å²) in [6.07, 6.45) is 3.51. The second kappa shape index (κ2) is 7.39. The Morgan fingerprint density at radius 1 is 1.21 bits per heavy atom. The summed E-state index contributed by atoms with van der Waals surface area (Å²) >= 11 is 6.14. The van der Waals surface area contributed by atoms with E-state index >= 15 is 0 Å². The number of pyridine rings is 1. The largest absolute Gasteiger partial charge is 0.351 e. The van der Waals surface area contributed by atoms with Crippen LogP contribution in [0.3, 0.4) is 0 Å². The fourth-order valence-corrected chi connectivity index (χ4v) is 4.39. The van der Waals surface area contributed by atoms with Crippen molar-refractivity contribution in [2.75, 3.05) is 24.5 Å². The van der Waals surface area contributed by atoms with Crippen molar-refractivity contribution in [3.05, 3.63) is 23.6 Å². The lowest BCUT2D eigenvalue weighted by molar-refractivity contribution is -0.142. The number of carbonyl (C=O) groups is 1. The minimum atomic E-state index is -2.62. The molecule has 2 fully saturated rings. The van der Waals surface area contributed by atoms with E-state index in [0.29, 0.717) is 30.6 Å².